The SMILES string of the molecule is CC(O)CNc1ncc[nH]c1=O. The zero-order chi connectivity index (χ0) is 8.97. The van der Waals surface area contributed by atoms with Crippen molar-refractivity contribution in [3.05, 3.63) is 22.7 Å². The molecule has 0 bridgehead atoms. The molecule has 0 aromatic carbocycles. The van der Waals surface area contributed by atoms with Gasteiger partial charge in [-0.05, 0) is 6.92 Å². The van der Waals surface area contributed by atoms with Crippen LogP contribution in [-0.4, -0.2) is 27.7 Å². The van der Waals surface area contributed by atoms with E-state index in [1.807, 2.05) is 0 Å². The number of aliphatic hydroxyl groups is 1. The maximum Gasteiger partial charge on any atom is 0.290 e. The Morgan fingerprint density at radius 1 is 1.83 bits per heavy atom. The van der Waals surface area contributed by atoms with E-state index in [2.05, 4.69) is 15.3 Å². The number of aromatic amines is 1. The van der Waals surface area contributed by atoms with Gasteiger partial charge in [-0.1, -0.05) is 0 Å². The topological polar surface area (TPSA) is 78.0 Å². The lowest BCUT2D eigenvalue weighted by Crippen LogP contribution is -2.21. The summed E-state index contributed by atoms with van der Waals surface area (Å²) in [6.45, 7) is 1.95. The molecule has 1 unspecified atom stereocenters. The van der Waals surface area contributed by atoms with Crippen molar-refractivity contribution in [1.82, 2.24) is 9.97 Å². The molecule has 0 spiro atoms. The second-order valence-corrected chi connectivity index (χ2v) is 2.50. The standard InChI is InChI=1S/C7H11N3O2/c1-5(11)4-10-6-7(12)9-3-2-8-6/h2-3,5,11H,4H2,1H3,(H,8,10)(H,9,12). The lowest BCUT2D eigenvalue weighted by Gasteiger charge is -2.05. The van der Waals surface area contributed by atoms with Gasteiger partial charge in [0.2, 0.25) is 0 Å². The minimum atomic E-state index is -0.494. The molecule has 0 aliphatic heterocycles. The summed E-state index contributed by atoms with van der Waals surface area (Å²) in [6.07, 6.45) is 2.44. The van der Waals surface area contributed by atoms with Crippen molar-refractivity contribution in [3.63, 3.8) is 0 Å². The third-order valence-corrected chi connectivity index (χ3v) is 1.27. The maximum absolute atomic E-state index is 11.0. The molecule has 0 saturated carbocycles. The van der Waals surface area contributed by atoms with E-state index in [-0.39, 0.29) is 11.4 Å². The fourth-order valence-electron chi connectivity index (χ4n) is 0.722. The summed E-state index contributed by atoms with van der Waals surface area (Å²) in [6, 6.07) is 0. The van der Waals surface area contributed by atoms with E-state index < -0.39 is 6.10 Å². The number of H-pyrrole nitrogens is 1. The summed E-state index contributed by atoms with van der Waals surface area (Å²) >= 11 is 0. The minimum absolute atomic E-state index is 0.235. The molecule has 0 aliphatic rings. The van der Waals surface area contributed by atoms with Gasteiger partial charge >= 0.3 is 0 Å². The Morgan fingerprint density at radius 2 is 2.58 bits per heavy atom. The Labute approximate surface area is 69.5 Å². The summed E-state index contributed by atoms with van der Waals surface area (Å²) in [5, 5.41) is 11.6. The number of hydrogen-bond donors (Lipinski definition) is 3. The van der Waals surface area contributed by atoms with Crippen molar-refractivity contribution in [2.24, 2.45) is 0 Å². The maximum atomic E-state index is 11.0. The van der Waals surface area contributed by atoms with Crippen LogP contribution in [0.3, 0.4) is 0 Å². The highest BCUT2D eigenvalue weighted by atomic mass is 16.3. The average Bonchev–Trinajstić information content (AvgIpc) is 2.03. The van der Waals surface area contributed by atoms with Crippen LogP contribution < -0.4 is 10.9 Å². The number of aliphatic hydroxyl groups excluding tert-OH is 1. The van der Waals surface area contributed by atoms with E-state index in [4.69, 9.17) is 5.11 Å². The third-order valence-electron chi connectivity index (χ3n) is 1.27. The number of nitrogens with zero attached hydrogens (tertiary/aromatic N) is 1. The highest BCUT2D eigenvalue weighted by Crippen LogP contribution is 1.89. The van der Waals surface area contributed by atoms with Crippen LogP contribution in [0.15, 0.2) is 17.2 Å². The fraction of sp³-hybridized carbons (Fsp3) is 0.429. The molecule has 3 N–H and O–H groups in total. The van der Waals surface area contributed by atoms with Crippen LogP contribution in [0.1, 0.15) is 6.92 Å². The lowest BCUT2D eigenvalue weighted by molar-refractivity contribution is 0.208. The molecule has 0 fully saturated rings. The summed E-state index contributed by atoms with van der Waals surface area (Å²) in [5.74, 6) is 0.235. The lowest BCUT2D eigenvalue weighted by atomic mass is 10.4. The Hall–Kier alpha value is -1.36. The van der Waals surface area contributed by atoms with E-state index >= 15 is 0 Å². The van der Waals surface area contributed by atoms with Crippen molar-refractivity contribution in [2.45, 2.75) is 13.0 Å². The molecular weight excluding hydrogens is 158 g/mol. The van der Waals surface area contributed by atoms with Gasteiger partial charge in [-0.3, -0.25) is 4.79 Å². The zero-order valence-electron chi connectivity index (χ0n) is 6.74. The first-order chi connectivity index (χ1) is 5.70. The molecule has 1 heterocycles. The predicted octanol–water partition coefficient (Wildman–Crippen LogP) is -0.437. The Bertz CT molecular complexity index is 295. The van der Waals surface area contributed by atoms with Gasteiger partial charge in [-0.15, -0.1) is 0 Å². The second-order valence-electron chi connectivity index (χ2n) is 2.50. The Balaban J connectivity index is 2.64. The largest absolute Gasteiger partial charge is 0.392 e. The quantitative estimate of drug-likeness (QED) is 0.573. The van der Waals surface area contributed by atoms with E-state index in [0.29, 0.717) is 6.54 Å². The number of aromatic nitrogens is 2. The summed E-state index contributed by atoms with van der Waals surface area (Å²) in [4.78, 5) is 17.2. The average molecular weight is 169 g/mol. The smallest absolute Gasteiger partial charge is 0.290 e. The van der Waals surface area contributed by atoms with Crippen molar-refractivity contribution < 1.29 is 5.11 Å². The number of rotatable bonds is 3. The van der Waals surface area contributed by atoms with Crippen LogP contribution in [0.25, 0.3) is 0 Å². The molecule has 1 aromatic heterocycles. The van der Waals surface area contributed by atoms with Crippen LogP contribution in [-0.2, 0) is 0 Å². The van der Waals surface area contributed by atoms with Gasteiger partial charge in [0, 0.05) is 18.9 Å². The van der Waals surface area contributed by atoms with E-state index in [1.54, 1.807) is 6.92 Å². The fourth-order valence-corrected chi connectivity index (χ4v) is 0.722. The van der Waals surface area contributed by atoms with Gasteiger partial charge < -0.3 is 15.4 Å². The van der Waals surface area contributed by atoms with Crippen molar-refractivity contribution in [2.75, 3.05) is 11.9 Å². The van der Waals surface area contributed by atoms with Gasteiger partial charge in [0.25, 0.3) is 5.56 Å². The van der Waals surface area contributed by atoms with E-state index in [0.717, 1.165) is 0 Å². The molecule has 0 aliphatic carbocycles. The molecule has 5 heteroatoms. The molecule has 1 atom stereocenters. The Kier molecular flexibility index (Phi) is 2.82. The molecule has 0 radical (unpaired) electrons. The molecule has 5 nitrogen and oxygen atoms in total. The predicted molar refractivity (Wildman–Crippen MR) is 45.0 cm³/mol. The van der Waals surface area contributed by atoms with Gasteiger partial charge in [0.15, 0.2) is 5.82 Å². The summed E-state index contributed by atoms with van der Waals surface area (Å²) in [7, 11) is 0. The molecule has 66 valence electrons. The first kappa shape index (κ1) is 8.73. The van der Waals surface area contributed by atoms with Gasteiger partial charge in [0.1, 0.15) is 0 Å². The molecule has 12 heavy (non-hydrogen) atoms. The summed E-state index contributed by atoms with van der Waals surface area (Å²) in [5.41, 5.74) is -0.279. The van der Waals surface area contributed by atoms with Crippen molar-refractivity contribution in [1.29, 1.82) is 0 Å². The Morgan fingerprint density at radius 3 is 3.17 bits per heavy atom. The van der Waals surface area contributed by atoms with Crippen LogP contribution >= 0.6 is 0 Å². The van der Waals surface area contributed by atoms with Gasteiger partial charge in [-0.2, -0.15) is 0 Å². The molecule has 1 aromatic rings. The normalized spacial score (nSPS) is 12.5. The first-order valence-corrected chi connectivity index (χ1v) is 3.66. The van der Waals surface area contributed by atoms with E-state index in [1.165, 1.54) is 12.4 Å². The zero-order valence-corrected chi connectivity index (χ0v) is 6.74. The van der Waals surface area contributed by atoms with Gasteiger partial charge in [0.05, 0.1) is 6.10 Å². The molecular formula is C7H11N3O2. The first-order valence-electron chi connectivity index (χ1n) is 3.66. The van der Waals surface area contributed by atoms with E-state index in [9.17, 15) is 4.79 Å². The number of nitrogens with one attached hydrogen (secondary N) is 2. The molecule has 1 rings (SSSR count). The van der Waals surface area contributed by atoms with Crippen LogP contribution in [0.4, 0.5) is 5.82 Å². The van der Waals surface area contributed by atoms with Crippen LogP contribution in [0.5, 0.6) is 0 Å². The number of hydrogen-bond acceptors (Lipinski definition) is 4. The highest BCUT2D eigenvalue weighted by molar-refractivity contribution is 5.29. The third kappa shape index (κ3) is 2.35. The minimum Gasteiger partial charge on any atom is -0.392 e. The van der Waals surface area contributed by atoms with Crippen molar-refractivity contribution in [3.8, 4) is 0 Å². The van der Waals surface area contributed by atoms with Crippen LogP contribution in [0.2, 0.25) is 0 Å². The monoisotopic (exact) mass is 169 g/mol. The molecule has 0 saturated heterocycles. The van der Waals surface area contributed by atoms with Crippen molar-refractivity contribution >= 4 is 5.82 Å². The van der Waals surface area contributed by atoms with Gasteiger partial charge in [-0.25, -0.2) is 4.98 Å². The van der Waals surface area contributed by atoms with Crippen LogP contribution in [0, 0.1) is 0 Å². The second kappa shape index (κ2) is 3.87. The number of anilines is 1. The molecule has 0 amide bonds. The summed E-state index contributed by atoms with van der Waals surface area (Å²) < 4.78 is 0. The highest BCUT2D eigenvalue weighted by Gasteiger charge is 1.99.